The molecule has 0 aliphatic heterocycles. The lowest BCUT2D eigenvalue weighted by Crippen LogP contribution is -2.36. The highest BCUT2D eigenvalue weighted by molar-refractivity contribution is 5.74. The lowest BCUT2D eigenvalue weighted by molar-refractivity contribution is -0.141. The largest absolute Gasteiger partial charge is 0.489 e. The van der Waals surface area contributed by atoms with Gasteiger partial charge in [0.25, 0.3) is 0 Å². The topological polar surface area (TPSA) is 92.8 Å². The van der Waals surface area contributed by atoms with Crippen molar-refractivity contribution in [3.05, 3.63) is 65.7 Å². The maximum Gasteiger partial charge on any atom is 0.323 e. The molecule has 4 N–H and O–H groups in total. The van der Waals surface area contributed by atoms with E-state index >= 15 is 0 Å². The van der Waals surface area contributed by atoms with E-state index in [0.29, 0.717) is 17.9 Å². The second kappa shape index (κ2) is 6.88. The minimum atomic E-state index is -1.37. The average molecular weight is 287 g/mol. The van der Waals surface area contributed by atoms with Gasteiger partial charge in [0.05, 0.1) is 0 Å². The van der Waals surface area contributed by atoms with Crippen LogP contribution in [0.2, 0.25) is 0 Å². The third-order valence-electron chi connectivity index (χ3n) is 3.07. The van der Waals surface area contributed by atoms with Gasteiger partial charge in [-0.05, 0) is 23.3 Å². The van der Waals surface area contributed by atoms with E-state index in [1.165, 1.54) is 0 Å². The van der Waals surface area contributed by atoms with Gasteiger partial charge in [0, 0.05) is 0 Å². The monoisotopic (exact) mass is 287 g/mol. The standard InChI is InChI=1S/C16H17NO4/c17-14(16(19)20)15(18)12-7-4-8-13(9-12)21-10-11-5-2-1-3-6-11/h1-9,14-15,18H,10,17H2,(H,19,20)/t14-,15-/m0/s1. The van der Waals surface area contributed by atoms with Crippen LogP contribution in [0, 0.1) is 0 Å². The molecule has 5 nitrogen and oxygen atoms in total. The third kappa shape index (κ3) is 4.05. The predicted molar refractivity (Wildman–Crippen MR) is 77.8 cm³/mol. The molecule has 0 saturated carbocycles. The quantitative estimate of drug-likeness (QED) is 0.752. The molecule has 0 aliphatic carbocycles. The van der Waals surface area contributed by atoms with Crippen LogP contribution in [0.3, 0.4) is 0 Å². The molecule has 0 saturated heterocycles. The molecule has 0 heterocycles. The molecular weight excluding hydrogens is 270 g/mol. The molecule has 0 spiro atoms. The van der Waals surface area contributed by atoms with Crippen LogP contribution in [0.25, 0.3) is 0 Å². The van der Waals surface area contributed by atoms with Gasteiger partial charge in [-0.15, -0.1) is 0 Å². The van der Waals surface area contributed by atoms with Crippen LogP contribution in [-0.4, -0.2) is 22.2 Å². The number of benzene rings is 2. The number of aliphatic carboxylic acids is 1. The Balaban J connectivity index is 2.05. The summed E-state index contributed by atoms with van der Waals surface area (Å²) in [6, 6.07) is 14.9. The number of carbonyl (C=O) groups is 1. The normalized spacial score (nSPS) is 13.4. The highest BCUT2D eigenvalue weighted by atomic mass is 16.5. The predicted octanol–water partition coefficient (Wildman–Crippen LogP) is 1.71. The number of nitrogens with two attached hydrogens (primary N) is 1. The van der Waals surface area contributed by atoms with E-state index in [4.69, 9.17) is 15.6 Å². The van der Waals surface area contributed by atoms with Gasteiger partial charge in [0.2, 0.25) is 0 Å². The molecule has 0 radical (unpaired) electrons. The van der Waals surface area contributed by atoms with Crippen molar-refractivity contribution in [1.29, 1.82) is 0 Å². The number of aliphatic hydroxyl groups excluding tert-OH is 1. The molecule has 110 valence electrons. The fraction of sp³-hybridized carbons (Fsp3) is 0.188. The molecule has 2 aromatic carbocycles. The van der Waals surface area contributed by atoms with Crippen LogP contribution in [0.4, 0.5) is 0 Å². The molecule has 0 amide bonds. The number of aliphatic hydroxyl groups is 1. The zero-order valence-electron chi connectivity index (χ0n) is 11.3. The lowest BCUT2D eigenvalue weighted by atomic mass is 10.0. The zero-order valence-corrected chi connectivity index (χ0v) is 11.3. The van der Waals surface area contributed by atoms with Gasteiger partial charge in [0.15, 0.2) is 0 Å². The van der Waals surface area contributed by atoms with E-state index in [1.807, 2.05) is 30.3 Å². The van der Waals surface area contributed by atoms with Gasteiger partial charge in [0.1, 0.15) is 24.5 Å². The Morgan fingerprint density at radius 2 is 1.86 bits per heavy atom. The molecular formula is C16H17NO4. The van der Waals surface area contributed by atoms with Crippen LogP contribution in [0.15, 0.2) is 54.6 Å². The Kier molecular flexibility index (Phi) is 4.92. The Labute approximate surface area is 122 Å². The Hall–Kier alpha value is -2.37. The van der Waals surface area contributed by atoms with Crippen LogP contribution in [0.1, 0.15) is 17.2 Å². The van der Waals surface area contributed by atoms with E-state index < -0.39 is 18.1 Å². The summed E-state index contributed by atoms with van der Waals surface area (Å²) in [5.74, 6) is -0.703. The van der Waals surface area contributed by atoms with Gasteiger partial charge >= 0.3 is 5.97 Å². The first-order valence-corrected chi connectivity index (χ1v) is 6.51. The van der Waals surface area contributed by atoms with E-state index in [1.54, 1.807) is 24.3 Å². The second-order valence-electron chi connectivity index (χ2n) is 4.66. The van der Waals surface area contributed by atoms with Gasteiger partial charge in [-0.2, -0.15) is 0 Å². The van der Waals surface area contributed by atoms with Crippen LogP contribution < -0.4 is 10.5 Å². The highest BCUT2D eigenvalue weighted by Crippen LogP contribution is 2.22. The van der Waals surface area contributed by atoms with Crippen molar-refractivity contribution in [2.24, 2.45) is 5.73 Å². The molecule has 0 aromatic heterocycles. The smallest absolute Gasteiger partial charge is 0.323 e. The van der Waals surface area contributed by atoms with Crippen molar-refractivity contribution in [2.75, 3.05) is 0 Å². The van der Waals surface area contributed by atoms with Crippen LogP contribution in [0.5, 0.6) is 5.75 Å². The molecule has 0 fully saturated rings. The van der Waals surface area contributed by atoms with Gasteiger partial charge in [-0.1, -0.05) is 42.5 Å². The fourth-order valence-corrected chi connectivity index (χ4v) is 1.87. The number of hydrogen-bond acceptors (Lipinski definition) is 4. The summed E-state index contributed by atoms with van der Waals surface area (Å²) in [5.41, 5.74) is 6.85. The maximum atomic E-state index is 10.8. The summed E-state index contributed by atoms with van der Waals surface area (Å²) in [7, 11) is 0. The fourth-order valence-electron chi connectivity index (χ4n) is 1.87. The Morgan fingerprint density at radius 1 is 1.14 bits per heavy atom. The molecule has 0 aliphatic rings. The van der Waals surface area contributed by atoms with Gasteiger partial charge < -0.3 is 20.7 Å². The van der Waals surface area contributed by atoms with Crippen molar-refractivity contribution in [2.45, 2.75) is 18.8 Å². The summed E-state index contributed by atoms with van der Waals surface area (Å²) >= 11 is 0. The number of carboxylic acid groups (broad SMARTS) is 1. The lowest BCUT2D eigenvalue weighted by Gasteiger charge is -2.16. The third-order valence-corrected chi connectivity index (χ3v) is 3.07. The van der Waals surface area contributed by atoms with E-state index in [9.17, 15) is 9.90 Å². The van der Waals surface area contributed by atoms with Crippen molar-refractivity contribution in [1.82, 2.24) is 0 Å². The summed E-state index contributed by atoms with van der Waals surface area (Å²) < 4.78 is 5.62. The first kappa shape index (κ1) is 15.0. The highest BCUT2D eigenvalue weighted by Gasteiger charge is 2.23. The Bertz CT molecular complexity index is 600. The van der Waals surface area contributed by atoms with Crippen LogP contribution in [-0.2, 0) is 11.4 Å². The zero-order chi connectivity index (χ0) is 15.2. The number of ether oxygens (including phenoxy) is 1. The van der Waals surface area contributed by atoms with Gasteiger partial charge in [-0.25, -0.2) is 0 Å². The summed E-state index contributed by atoms with van der Waals surface area (Å²) in [4.78, 5) is 10.8. The van der Waals surface area contributed by atoms with Crippen LogP contribution >= 0.6 is 0 Å². The molecule has 2 rings (SSSR count). The van der Waals surface area contributed by atoms with Crippen molar-refractivity contribution in [3.63, 3.8) is 0 Å². The Morgan fingerprint density at radius 3 is 2.52 bits per heavy atom. The molecule has 2 atom stereocenters. The second-order valence-corrected chi connectivity index (χ2v) is 4.66. The number of carboxylic acids is 1. The van der Waals surface area contributed by atoms with Crippen molar-refractivity contribution >= 4 is 5.97 Å². The maximum absolute atomic E-state index is 10.8. The van der Waals surface area contributed by atoms with Gasteiger partial charge in [-0.3, -0.25) is 4.79 Å². The van der Waals surface area contributed by atoms with Crippen molar-refractivity contribution in [3.8, 4) is 5.75 Å². The molecule has 21 heavy (non-hydrogen) atoms. The first-order chi connectivity index (χ1) is 10.1. The summed E-state index contributed by atoms with van der Waals surface area (Å²) in [6.45, 7) is 0.394. The summed E-state index contributed by atoms with van der Waals surface area (Å²) in [5, 5.41) is 18.7. The molecule has 0 bridgehead atoms. The SMILES string of the molecule is N[C@H](C(=O)O)[C@@H](O)c1cccc(OCc2ccccc2)c1. The number of hydrogen-bond donors (Lipinski definition) is 3. The molecule has 2 aromatic rings. The average Bonchev–Trinajstić information content (AvgIpc) is 2.52. The molecule has 0 unspecified atom stereocenters. The first-order valence-electron chi connectivity index (χ1n) is 6.51. The van der Waals surface area contributed by atoms with E-state index in [0.717, 1.165) is 5.56 Å². The minimum absolute atomic E-state index is 0.394. The molecule has 5 heteroatoms. The minimum Gasteiger partial charge on any atom is -0.489 e. The summed E-state index contributed by atoms with van der Waals surface area (Å²) in [6.07, 6.45) is -1.28. The van der Waals surface area contributed by atoms with E-state index in [-0.39, 0.29) is 0 Å². The van der Waals surface area contributed by atoms with E-state index in [2.05, 4.69) is 0 Å². The van der Waals surface area contributed by atoms with Crippen molar-refractivity contribution < 1.29 is 19.7 Å². The number of rotatable bonds is 6.